The highest BCUT2D eigenvalue weighted by Crippen LogP contribution is 2.37. The second-order valence-electron chi connectivity index (χ2n) is 6.54. The van der Waals surface area contributed by atoms with E-state index in [1.165, 1.54) is 18.6 Å². The molecule has 0 aliphatic carbocycles. The van der Waals surface area contributed by atoms with Gasteiger partial charge in [0, 0.05) is 6.54 Å². The van der Waals surface area contributed by atoms with E-state index >= 15 is 0 Å². The number of hydrogen-bond donors (Lipinski definition) is 1. The molecule has 1 saturated heterocycles. The van der Waals surface area contributed by atoms with Crippen LogP contribution in [-0.4, -0.2) is 22.4 Å². The fraction of sp³-hybridized carbons (Fsp3) is 0.857. The van der Waals surface area contributed by atoms with Crippen LogP contribution in [0.1, 0.15) is 69.3 Å². The average molecular weight is 283 g/mol. The molecule has 4 nitrogen and oxygen atoms in total. The fourth-order valence-corrected chi connectivity index (χ4v) is 3.73. The van der Waals surface area contributed by atoms with Crippen molar-refractivity contribution in [2.75, 3.05) is 12.3 Å². The maximum Gasteiger partial charge on any atom is 0.231 e. The molecule has 2 N–H and O–H groups in total. The number of hydrogen-bond acceptors (Lipinski definition) is 5. The topological polar surface area (TPSA) is 64.9 Å². The Kier molecular flexibility index (Phi) is 4.90. The third-order valence-corrected chi connectivity index (χ3v) is 4.79. The van der Waals surface area contributed by atoms with E-state index in [9.17, 15) is 0 Å². The van der Waals surface area contributed by atoms with Gasteiger partial charge in [-0.05, 0) is 30.4 Å². The van der Waals surface area contributed by atoms with E-state index in [1.807, 2.05) is 11.8 Å². The van der Waals surface area contributed by atoms with Gasteiger partial charge in [0.2, 0.25) is 5.89 Å². The van der Waals surface area contributed by atoms with Crippen molar-refractivity contribution in [3.05, 3.63) is 11.7 Å². The van der Waals surface area contributed by atoms with E-state index in [4.69, 9.17) is 10.3 Å². The lowest BCUT2D eigenvalue weighted by Gasteiger charge is -2.22. The Labute approximate surface area is 119 Å². The molecule has 2 atom stereocenters. The predicted molar refractivity (Wildman–Crippen MR) is 79.2 cm³/mol. The molecule has 5 heteroatoms. The van der Waals surface area contributed by atoms with Gasteiger partial charge in [-0.25, -0.2) is 0 Å². The molecule has 1 aliphatic rings. The molecule has 0 radical (unpaired) electrons. The first-order valence-electron chi connectivity index (χ1n) is 7.15. The molecule has 0 aromatic carbocycles. The molecule has 1 aliphatic heterocycles. The van der Waals surface area contributed by atoms with Gasteiger partial charge in [-0.1, -0.05) is 32.3 Å². The van der Waals surface area contributed by atoms with Gasteiger partial charge in [0.15, 0.2) is 5.82 Å². The predicted octanol–water partition coefficient (Wildman–Crippen LogP) is 3.51. The van der Waals surface area contributed by atoms with Gasteiger partial charge in [0.25, 0.3) is 0 Å². The van der Waals surface area contributed by atoms with Gasteiger partial charge >= 0.3 is 0 Å². The van der Waals surface area contributed by atoms with Crippen LogP contribution >= 0.6 is 11.8 Å². The maximum atomic E-state index is 5.87. The smallest absolute Gasteiger partial charge is 0.231 e. The van der Waals surface area contributed by atoms with Gasteiger partial charge < -0.3 is 10.3 Å². The second kappa shape index (κ2) is 6.27. The Morgan fingerprint density at radius 2 is 2.21 bits per heavy atom. The quantitative estimate of drug-likeness (QED) is 0.916. The number of nitrogens with zero attached hydrogens (tertiary/aromatic N) is 2. The Bertz CT molecular complexity index is 394. The molecular weight excluding hydrogens is 258 g/mol. The molecule has 2 rings (SSSR count). The zero-order valence-electron chi connectivity index (χ0n) is 12.2. The van der Waals surface area contributed by atoms with Crippen LogP contribution in [0, 0.1) is 5.41 Å². The van der Waals surface area contributed by atoms with Crippen LogP contribution in [0.2, 0.25) is 0 Å². The summed E-state index contributed by atoms with van der Waals surface area (Å²) in [5.41, 5.74) is 6.09. The van der Waals surface area contributed by atoms with Crippen molar-refractivity contribution < 1.29 is 4.52 Å². The molecular formula is C14H25N3OS. The third-order valence-electron chi connectivity index (χ3n) is 3.42. The van der Waals surface area contributed by atoms with Gasteiger partial charge in [0.1, 0.15) is 0 Å². The van der Waals surface area contributed by atoms with Crippen molar-refractivity contribution in [3.63, 3.8) is 0 Å². The molecule has 2 heterocycles. The minimum Gasteiger partial charge on any atom is -0.339 e. The standard InChI is InChI=1S/C14H25N3OS/c1-14(2,3)8-10(9-15)13-16-12(17-18-13)11-6-4-5-7-19-11/h10-11H,4-9,15H2,1-3H3. The lowest BCUT2D eigenvalue weighted by Crippen LogP contribution is -2.19. The molecule has 108 valence electrons. The minimum atomic E-state index is 0.176. The molecule has 1 aromatic rings. The van der Waals surface area contributed by atoms with Crippen molar-refractivity contribution in [2.24, 2.45) is 11.1 Å². The van der Waals surface area contributed by atoms with Crippen molar-refractivity contribution in [2.45, 2.75) is 57.6 Å². The SMILES string of the molecule is CC(C)(C)CC(CN)c1nc(C2CCCCS2)no1. The monoisotopic (exact) mass is 283 g/mol. The van der Waals surface area contributed by atoms with Gasteiger partial charge in [0.05, 0.1) is 11.2 Å². The fourth-order valence-electron chi connectivity index (χ4n) is 2.50. The summed E-state index contributed by atoms with van der Waals surface area (Å²) >= 11 is 1.95. The van der Waals surface area contributed by atoms with Gasteiger partial charge in [-0.3, -0.25) is 0 Å². The van der Waals surface area contributed by atoms with Crippen molar-refractivity contribution in [3.8, 4) is 0 Å². The van der Waals surface area contributed by atoms with Crippen LogP contribution in [-0.2, 0) is 0 Å². The van der Waals surface area contributed by atoms with Crippen LogP contribution in [0.25, 0.3) is 0 Å². The zero-order chi connectivity index (χ0) is 13.9. The molecule has 0 bridgehead atoms. The van der Waals surface area contributed by atoms with Gasteiger partial charge in [-0.15, -0.1) is 0 Å². The van der Waals surface area contributed by atoms with E-state index in [-0.39, 0.29) is 11.3 Å². The van der Waals surface area contributed by atoms with E-state index in [0.29, 0.717) is 11.8 Å². The Hall–Kier alpha value is -0.550. The van der Waals surface area contributed by atoms with Crippen LogP contribution in [0.5, 0.6) is 0 Å². The van der Waals surface area contributed by atoms with E-state index in [1.54, 1.807) is 0 Å². The first-order valence-corrected chi connectivity index (χ1v) is 8.19. The molecule has 2 unspecified atom stereocenters. The summed E-state index contributed by atoms with van der Waals surface area (Å²) in [7, 11) is 0. The maximum absolute atomic E-state index is 5.87. The highest BCUT2D eigenvalue weighted by molar-refractivity contribution is 7.99. The summed E-state index contributed by atoms with van der Waals surface area (Å²) in [4.78, 5) is 4.61. The van der Waals surface area contributed by atoms with Crippen LogP contribution in [0.3, 0.4) is 0 Å². The molecule has 0 saturated carbocycles. The van der Waals surface area contributed by atoms with Crippen LogP contribution in [0.4, 0.5) is 0 Å². The molecule has 0 amide bonds. The Morgan fingerprint density at radius 1 is 1.42 bits per heavy atom. The number of rotatable bonds is 4. The summed E-state index contributed by atoms with van der Waals surface area (Å²) in [5, 5.41) is 4.59. The lowest BCUT2D eigenvalue weighted by molar-refractivity contribution is 0.286. The summed E-state index contributed by atoms with van der Waals surface area (Å²) in [6, 6.07) is 0. The number of aromatic nitrogens is 2. The van der Waals surface area contributed by atoms with Gasteiger partial charge in [-0.2, -0.15) is 16.7 Å². The summed E-state index contributed by atoms with van der Waals surface area (Å²) < 4.78 is 5.46. The molecule has 19 heavy (non-hydrogen) atoms. The normalized spacial score (nSPS) is 22.4. The second-order valence-corrected chi connectivity index (χ2v) is 7.85. The van der Waals surface area contributed by atoms with E-state index in [2.05, 4.69) is 30.9 Å². The first-order chi connectivity index (χ1) is 8.99. The Morgan fingerprint density at radius 3 is 2.79 bits per heavy atom. The number of nitrogens with two attached hydrogens (primary N) is 1. The molecule has 1 fully saturated rings. The van der Waals surface area contributed by atoms with Crippen LogP contribution in [0.15, 0.2) is 4.52 Å². The highest BCUT2D eigenvalue weighted by Gasteiger charge is 2.27. The van der Waals surface area contributed by atoms with Crippen molar-refractivity contribution >= 4 is 11.8 Å². The molecule has 0 spiro atoms. The Balaban J connectivity index is 2.05. The average Bonchev–Trinajstić information content (AvgIpc) is 2.85. The van der Waals surface area contributed by atoms with E-state index in [0.717, 1.165) is 24.6 Å². The van der Waals surface area contributed by atoms with Crippen molar-refractivity contribution in [1.29, 1.82) is 0 Å². The van der Waals surface area contributed by atoms with Crippen LogP contribution < -0.4 is 5.73 Å². The highest BCUT2D eigenvalue weighted by atomic mass is 32.2. The largest absolute Gasteiger partial charge is 0.339 e. The zero-order valence-corrected chi connectivity index (χ0v) is 13.0. The summed E-state index contributed by atoms with van der Waals surface area (Å²) in [6.07, 6.45) is 4.71. The number of thioether (sulfide) groups is 1. The third kappa shape index (κ3) is 4.21. The van der Waals surface area contributed by atoms with Crippen molar-refractivity contribution in [1.82, 2.24) is 10.1 Å². The summed E-state index contributed by atoms with van der Waals surface area (Å²) in [5.74, 6) is 2.97. The first kappa shape index (κ1) is 14.9. The summed E-state index contributed by atoms with van der Waals surface area (Å²) in [6.45, 7) is 7.20. The minimum absolute atomic E-state index is 0.176. The van der Waals surface area contributed by atoms with E-state index < -0.39 is 0 Å². The lowest BCUT2D eigenvalue weighted by atomic mass is 9.84. The molecule has 1 aromatic heterocycles.